The third kappa shape index (κ3) is 5.48. The summed E-state index contributed by atoms with van der Waals surface area (Å²) in [6, 6.07) is 10.4. The number of benzene rings is 1. The minimum Gasteiger partial charge on any atom is -0.395 e. The van der Waals surface area contributed by atoms with Gasteiger partial charge in [-0.05, 0) is 18.4 Å². The van der Waals surface area contributed by atoms with Crippen molar-refractivity contribution in [2.45, 2.75) is 32.2 Å². The summed E-state index contributed by atoms with van der Waals surface area (Å²) in [4.78, 5) is 16.5. The van der Waals surface area contributed by atoms with Gasteiger partial charge in [0.05, 0.1) is 6.61 Å². The van der Waals surface area contributed by atoms with Crippen LogP contribution >= 0.6 is 0 Å². The quantitative estimate of drug-likeness (QED) is 0.840. The third-order valence-corrected chi connectivity index (χ3v) is 4.50. The summed E-state index contributed by atoms with van der Waals surface area (Å²) < 4.78 is 0. The van der Waals surface area contributed by atoms with E-state index in [9.17, 15) is 9.90 Å². The highest BCUT2D eigenvalue weighted by Gasteiger charge is 2.24. The molecule has 1 unspecified atom stereocenters. The van der Waals surface area contributed by atoms with E-state index in [-0.39, 0.29) is 18.6 Å². The Labute approximate surface area is 139 Å². The Balaban J connectivity index is 1.70. The van der Waals surface area contributed by atoms with E-state index < -0.39 is 0 Å². The van der Waals surface area contributed by atoms with Gasteiger partial charge in [0.25, 0.3) is 0 Å². The topological polar surface area (TPSA) is 43.8 Å². The summed E-state index contributed by atoms with van der Waals surface area (Å²) in [5.74, 6) is 0.236. The molecule has 0 bridgehead atoms. The van der Waals surface area contributed by atoms with Crippen LogP contribution < -0.4 is 0 Å². The molecule has 4 nitrogen and oxygen atoms in total. The van der Waals surface area contributed by atoms with Gasteiger partial charge in [0.15, 0.2) is 0 Å². The highest BCUT2D eigenvalue weighted by Crippen LogP contribution is 2.11. The highest BCUT2D eigenvalue weighted by atomic mass is 16.3. The number of rotatable bonds is 7. The lowest BCUT2D eigenvalue weighted by Gasteiger charge is -2.38. The molecular formula is C19H28N2O2. The van der Waals surface area contributed by atoms with Gasteiger partial charge in [-0.25, -0.2) is 0 Å². The molecule has 1 saturated heterocycles. The van der Waals surface area contributed by atoms with Crippen LogP contribution in [-0.2, 0) is 4.79 Å². The molecule has 0 aromatic heterocycles. The number of piperazine rings is 1. The summed E-state index contributed by atoms with van der Waals surface area (Å²) in [6.45, 7) is 5.58. The van der Waals surface area contributed by atoms with Crippen molar-refractivity contribution in [3.05, 3.63) is 42.0 Å². The molecule has 23 heavy (non-hydrogen) atoms. The molecule has 1 amide bonds. The molecule has 2 rings (SSSR count). The van der Waals surface area contributed by atoms with Crippen LogP contribution in [0.25, 0.3) is 6.08 Å². The maximum absolute atomic E-state index is 12.2. The van der Waals surface area contributed by atoms with E-state index in [0.717, 1.165) is 39.0 Å². The Morgan fingerprint density at radius 1 is 1.22 bits per heavy atom. The Morgan fingerprint density at radius 3 is 2.52 bits per heavy atom. The van der Waals surface area contributed by atoms with Gasteiger partial charge in [0.2, 0.25) is 5.91 Å². The molecule has 1 fully saturated rings. The lowest BCUT2D eigenvalue weighted by atomic mass is 10.1. The maximum Gasteiger partial charge on any atom is 0.222 e. The number of allylic oxidation sites excluding steroid dienone is 1. The highest BCUT2D eigenvalue weighted by molar-refractivity contribution is 5.76. The van der Waals surface area contributed by atoms with Crippen LogP contribution in [0.2, 0.25) is 0 Å². The average Bonchev–Trinajstić information content (AvgIpc) is 2.61. The molecule has 0 aliphatic carbocycles. The van der Waals surface area contributed by atoms with Crippen molar-refractivity contribution in [2.75, 3.05) is 32.8 Å². The first-order valence-electron chi connectivity index (χ1n) is 8.59. The van der Waals surface area contributed by atoms with E-state index in [2.05, 4.69) is 36.1 Å². The SMILES string of the molecule is CCC(CO)N1CCN(C(=O)CC/C=C/c2ccccc2)CC1. The van der Waals surface area contributed by atoms with E-state index in [0.29, 0.717) is 6.42 Å². The normalized spacial score (nSPS) is 17.6. The number of hydrogen-bond acceptors (Lipinski definition) is 3. The minimum absolute atomic E-state index is 0.203. The van der Waals surface area contributed by atoms with Gasteiger partial charge >= 0.3 is 0 Å². The monoisotopic (exact) mass is 316 g/mol. The standard InChI is InChI=1S/C19H28N2O2/c1-2-18(16-22)20-12-14-21(15-13-20)19(23)11-7-6-10-17-8-4-3-5-9-17/h3-6,8-10,18,22H,2,7,11-16H2,1H3/b10-6+. The first-order chi connectivity index (χ1) is 11.2. The predicted octanol–water partition coefficient (Wildman–Crippen LogP) is 2.40. The minimum atomic E-state index is 0.203. The molecule has 1 aromatic rings. The molecule has 1 N–H and O–H groups in total. The van der Waals surface area contributed by atoms with Gasteiger partial charge in [-0.3, -0.25) is 9.69 Å². The molecule has 0 radical (unpaired) electrons. The molecule has 1 aliphatic heterocycles. The van der Waals surface area contributed by atoms with E-state index in [1.807, 2.05) is 23.1 Å². The van der Waals surface area contributed by atoms with Crippen LogP contribution in [0.1, 0.15) is 31.7 Å². The van der Waals surface area contributed by atoms with Crippen molar-refractivity contribution >= 4 is 12.0 Å². The fourth-order valence-corrected chi connectivity index (χ4v) is 2.99. The van der Waals surface area contributed by atoms with Crippen molar-refractivity contribution in [3.8, 4) is 0 Å². The van der Waals surface area contributed by atoms with Crippen LogP contribution in [0, 0.1) is 0 Å². The Kier molecular flexibility index (Phi) is 7.30. The van der Waals surface area contributed by atoms with Crippen molar-refractivity contribution in [1.82, 2.24) is 9.80 Å². The largest absolute Gasteiger partial charge is 0.395 e. The number of aliphatic hydroxyl groups is 1. The molecule has 126 valence electrons. The second-order valence-electron chi connectivity index (χ2n) is 6.01. The first kappa shape index (κ1) is 17.7. The van der Waals surface area contributed by atoms with Crippen molar-refractivity contribution in [1.29, 1.82) is 0 Å². The van der Waals surface area contributed by atoms with Crippen LogP contribution in [0.3, 0.4) is 0 Å². The van der Waals surface area contributed by atoms with Crippen LogP contribution in [-0.4, -0.2) is 59.6 Å². The number of aliphatic hydroxyl groups excluding tert-OH is 1. The van der Waals surface area contributed by atoms with Gasteiger partial charge in [0, 0.05) is 38.6 Å². The number of nitrogens with zero attached hydrogens (tertiary/aromatic N) is 2. The zero-order chi connectivity index (χ0) is 16.5. The fraction of sp³-hybridized carbons (Fsp3) is 0.526. The summed E-state index contributed by atoms with van der Waals surface area (Å²) in [5, 5.41) is 9.36. The number of carbonyl (C=O) groups is 1. The Hall–Kier alpha value is -1.65. The zero-order valence-electron chi connectivity index (χ0n) is 14.0. The molecule has 0 saturated carbocycles. The molecule has 1 aromatic carbocycles. The van der Waals surface area contributed by atoms with Crippen molar-refractivity contribution in [3.63, 3.8) is 0 Å². The molecular weight excluding hydrogens is 288 g/mol. The first-order valence-corrected chi connectivity index (χ1v) is 8.59. The maximum atomic E-state index is 12.2. The lowest BCUT2D eigenvalue weighted by Crippen LogP contribution is -2.52. The molecule has 4 heteroatoms. The Bertz CT molecular complexity index is 489. The van der Waals surface area contributed by atoms with Gasteiger partial charge in [-0.1, -0.05) is 49.4 Å². The second-order valence-corrected chi connectivity index (χ2v) is 6.01. The summed E-state index contributed by atoms with van der Waals surface area (Å²) in [7, 11) is 0. The van der Waals surface area contributed by atoms with Crippen molar-refractivity contribution in [2.24, 2.45) is 0 Å². The zero-order valence-corrected chi connectivity index (χ0v) is 14.0. The van der Waals surface area contributed by atoms with Gasteiger partial charge in [-0.15, -0.1) is 0 Å². The van der Waals surface area contributed by atoms with Crippen LogP contribution in [0.5, 0.6) is 0 Å². The van der Waals surface area contributed by atoms with Gasteiger partial charge in [0.1, 0.15) is 0 Å². The van der Waals surface area contributed by atoms with Gasteiger partial charge in [-0.2, -0.15) is 0 Å². The van der Waals surface area contributed by atoms with Crippen molar-refractivity contribution < 1.29 is 9.90 Å². The number of amides is 1. The average molecular weight is 316 g/mol. The lowest BCUT2D eigenvalue weighted by molar-refractivity contribution is -0.133. The summed E-state index contributed by atoms with van der Waals surface area (Å²) >= 11 is 0. The third-order valence-electron chi connectivity index (χ3n) is 4.50. The summed E-state index contributed by atoms with van der Waals surface area (Å²) in [6.07, 6.45) is 6.44. The van der Waals surface area contributed by atoms with E-state index in [1.54, 1.807) is 0 Å². The molecule has 1 aliphatic rings. The fourth-order valence-electron chi connectivity index (χ4n) is 2.99. The summed E-state index contributed by atoms with van der Waals surface area (Å²) in [5.41, 5.74) is 1.17. The number of hydrogen-bond donors (Lipinski definition) is 1. The van der Waals surface area contributed by atoms with Crippen LogP contribution in [0.15, 0.2) is 36.4 Å². The van der Waals surface area contributed by atoms with E-state index in [1.165, 1.54) is 5.56 Å². The molecule has 1 atom stereocenters. The van der Waals surface area contributed by atoms with E-state index in [4.69, 9.17) is 0 Å². The second kappa shape index (κ2) is 9.48. The van der Waals surface area contributed by atoms with E-state index >= 15 is 0 Å². The molecule has 0 spiro atoms. The van der Waals surface area contributed by atoms with Crippen LogP contribution in [0.4, 0.5) is 0 Å². The van der Waals surface area contributed by atoms with Gasteiger partial charge < -0.3 is 10.0 Å². The predicted molar refractivity (Wildman–Crippen MR) is 94.0 cm³/mol. The molecule has 1 heterocycles. The smallest absolute Gasteiger partial charge is 0.222 e. The Morgan fingerprint density at radius 2 is 1.91 bits per heavy atom. The number of carbonyl (C=O) groups excluding carboxylic acids is 1.